The Morgan fingerprint density at radius 1 is 1.15 bits per heavy atom. The lowest BCUT2D eigenvalue weighted by atomic mass is 10.0. The maximum atomic E-state index is 14.6. The molecule has 0 spiro atoms. The summed E-state index contributed by atoms with van der Waals surface area (Å²) in [6.45, 7) is 7.06. The number of anilines is 1. The molecule has 0 aromatic heterocycles. The number of aldehydes is 1. The van der Waals surface area contributed by atoms with Crippen molar-refractivity contribution in [2.24, 2.45) is 0 Å². The third-order valence-electron chi connectivity index (χ3n) is 4.43. The molecule has 170 valence electrons. The van der Waals surface area contributed by atoms with Gasteiger partial charge in [-0.15, -0.1) is 13.2 Å². The third-order valence-corrected chi connectivity index (χ3v) is 4.43. The summed E-state index contributed by atoms with van der Waals surface area (Å²) in [6, 6.07) is 8.12. The van der Waals surface area contributed by atoms with Gasteiger partial charge in [-0.3, -0.25) is 14.4 Å². The SMILES string of the molecule is [C-]#[N+]C1OC(C=O)C(C(=O)O)=C1C(=O)Nc1ccc(-c2cccc(OC(F)(F)F)c2)cc1F. The topological polar surface area (TPSA) is 106 Å². The van der Waals surface area contributed by atoms with Gasteiger partial charge in [-0.25, -0.2) is 15.8 Å². The van der Waals surface area contributed by atoms with Gasteiger partial charge in [0.05, 0.1) is 11.3 Å². The molecule has 0 saturated carbocycles. The summed E-state index contributed by atoms with van der Waals surface area (Å²) in [4.78, 5) is 38.1. The molecule has 1 heterocycles. The van der Waals surface area contributed by atoms with E-state index in [1.54, 1.807) is 0 Å². The van der Waals surface area contributed by atoms with Crippen LogP contribution < -0.4 is 10.1 Å². The lowest BCUT2D eigenvalue weighted by Gasteiger charge is -2.11. The van der Waals surface area contributed by atoms with Gasteiger partial charge in [0.1, 0.15) is 17.1 Å². The fourth-order valence-electron chi connectivity index (χ4n) is 3.09. The molecule has 3 rings (SSSR count). The van der Waals surface area contributed by atoms with Crippen molar-refractivity contribution >= 4 is 23.9 Å². The van der Waals surface area contributed by atoms with Crippen molar-refractivity contribution in [2.75, 3.05) is 5.32 Å². The molecule has 8 nitrogen and oxygen atoms in total. The van der Waals surface area contributed by atoms with Gasteiger partial charge in [0, 0.05) is 0 Å². The summed E-state index contributed by atoms with van der Waals surface area (Å²) < 4.78 is 60.6. The summed E-state index contributed by atoms with van der Waals surface area (Å²) in [7, 11) is 0. The monoisotopic (exact) mass is 464 g/mol. The molecule has 1 amide bonds. The van der Waals surface area contributed by atoms with Crippen LogP contribution >= 0.6 is 0 Å². The van der Waals surface area contributed by atoms with Gasteiger partial charge in [0.15, 0.2) is 12.4 Å². The normalized spacial score (nSPS) is 17.9. The molecule has 0 radical (unpaired) electrons. The molecule has 0 fully saturated rings. The molecule has 0 aliphatic carbocycles. The van der Waals surface area contributed by atoms with Crippen molar-refractivity contribution in [1.82, 2.24) is 0 Å². The van der Waals surface area contributed by atoms with Gasteiger partial charge in [0.25, 0.3) is 5.91 Å². The van der Waals surface area contributed by atoms with Gasteiger partial charge in [-0.05, 0) is 35.4 Å². The van der Waals surface area contributed by atoms with E-state index >= 15 is 0 Å². The molecule has 2 unspecified atom stereocenters. The summed E-state index contributed by atoms with van der Waals surface area (Å²) in [5, 5.41) is 11.4. The van der Waals surface area contributed by atoms with Crippen LogP contribution in [0, 0.1) is 12.4 Å². The largest absolute Gasteiger partial charge is 0.573 e. The Hall–Kier alpha value is -4.24. The number of rotatable bonds is 6. The number of hydrogen-bond donors (Lipinski definition) is 2. The molecular weight excluding hydrogens is 452 g/mol. The Morgan fingerprint density at radius 3 is 2.42 bits per heavy atom. The minimum absolute atomic E-state index is 0.119. The summed E-state index contributed by atoms with van der Waals surface area (Å²) in [5.74, 6) is -4.32. The first-order chi connectivity index (χ1) is 15.5. The fourth-order valence-corrected chi connectivity index (χ4v) is 3.09. The zero-order valence-corrected chi connectivity index (χ0v) is 16.2. The van der Waals surface area contributed by atoms with E-state index in [1.165, 1.54) is 18.2 Å². The Kier molecular flexibility index (Phi) is 6.45. The number of alkyl halides is 3. The van der Waals surface area contributed by atoms with Gasteiger partial charge >= 0.3 is 18.6 Å². The molecule has 33 heavy (non-hydrogen) atoms. The van der Waals surface area contributed by atoms with E-state index in [0.717, 1.165) is 24.3 Å². The van der Waals surface area contributed by atoms with Gasteiger partial charge in [0.2, 0.25) is 0 Å². The number of aliphatic carboxylic acids is 1. The quantitative estimate of drug-likeness (QED) is 0.385. The van der Waals surface area contributed by atoms with Crippen LogP contribution in [-0.4, -0.2) is 42.0 Å². The van der Waals surface area contributed by atoms with Crippen molar-refractivity contribution in [3.63, 3.8) is 0 Å². The third kappa shape index (κ3) is 5.16. The van der Waals surface area contributed by atoms with E-state index in [4.69, 9.17) is 11.3 Å². The number of amides is 1. The highest BCUT2D eigenvalue weighted by Gasteiger charge is 2.45. The summed E-state index contributed by atoms with van der Waals surface area (Å²) in [6.07, 6.45) is -8.10. The standard InChI is InChI=1S/C21H12F4N2O6/c1-26-19-17(16(20(30)31)15(9-28)32-19)18(29)27-14-6-5-11(8-13(14)22)10-3-2-4-12(7-10)33-21(23,24)25/h2-9,15,19H,(H,27,29)(H,30,31). The lowest BCUT2D eigenvalue weighted by molar-refractivity contribution is -0.274. The highest BCUT2D eigenvalue weighted by atomic mass is 19.4. The Morgan fingerprint density at radius 2 is 1.85 bits per heavy atom. The summed E-state index contributed by atoms with van der Waals surface area (Å²) in [5.41, 5.74) is -1.43. The number of nitrogens with zero attached hydrogens (tertiary/aromatic N) is 1. The van der Waals surface area contributed by atoms with E-state index < -0.39 is 59.0 Å². The second-order valence-corrected chi connectivity index (χ2v) is 6.53. The zero-order valence-electron chi connectivity index (χ0n) is 16.2. The number of carboxylic acids is 1. The van der Waals surface area contributed by atoms with E-state index in [-0.39, 0.29) is 17.4 Å². The number of halogens is 4. The first-order valence-electron chi connectivity index (χ1n) is 8.96. The molecule has 2 aromatic rings. The number of carboxylic acid groups (broad SMARTS) is 1. The Balaban J connectivity index is 1.88. The maximum Gasteiger partial charge on any atom is 0.573 e. The minimum Gasteiger partial charge on any atom is -0.478 e. The average Bonchev–Trinajstić information content (AvgIpc) is 3.13. The van der Waals surface area contributed by atoms with Crippen molar-refractivity contribution in [3.8, 4) is 16.9 Å². The molecule has 1 aliphatic rings. The molecule has 12 heteroatoms. The lowest BCUT2D eigenvalue weighted by Crippen LogP contribution is -2.23. The fraction of sp³-hybridized carbons (Fsp3) is 0.143. The van der Waals surface area contributed by atoms with E-state index in [1.807, 2.05) is 0 Å². The summed E-state index contributed by atoms with van der Waals surface area (Å²) >= 11 is 0. The smallest absolute Gasteiger partial charge is 0.478 e. The number of benzene rings is 2. The Labute approximate surface area is 182 Å². The van der Waals surface area contributed by atoms with Crippen molar-refractivity contribution in [1.29, 1.82) is 0 Å². The predicted octanol–water partition coefficient (Wildman–Crippen LogP) is 3.55. The van der Waals surface area contributed by atoms with Crippen LogP contribution in [0.1, 0.15) is 0 Å². The van der Waals surface area contributed by atoms with Crippen LogP contribution in [0.25, 0.3) is 16.0 Å². The van der Waals surface area contributed by atoms with Crippen LogP contribution in [-0.2, 0) is 19.1 Å². The van der Waals surface area contributed by atoms with Gasteiger partial charge < -0.3 is 20.0 Å². The van der Waals surface area contributed by atoms with Crippen LogP contribution in [0.5, 0.6) is 5.75 Å². The van der Waals surface area contributed by atoms with Crippen LogP contribution in [0.4, 0.5) is 23.2 Å². The average molecular weight is 464 g/mol. The highest BCUT2D eigenvalue weighted by molar-refractivity contribution is 6.12. The van der Waals surface area contributed by atoms with Crippen molar-refractivity contribution < 1.29 is 46.5 Å². The predicted molar refractivity (Wildman–Crippen MR) is 103 cm³/mol. The van der Waals surface area contributed by atoms with Crippen LogP contribution in [0.15, 0.2) is 53.6 Å². The number of nitrogens with one attached hydrogen (secondary N) is 1. The second kappa shape index (κ2) is 9.09. The molecule has 2 N–H and O–H groups in total. The first-order valence-corrected chi connectivity index (χ1v) is 8.96. The molecule has 2 aromatic carbocycles. The number of hydrogen-bond acceptors (Lipinski definition) is 5. The van der Waals surface area contributed by atoms with Gasteiger partial charge in [-0.2, -0.15) is 0 Å². The molecule has 0 saturated heterocycles. The molecule has 0 bridgehead atoms. The molecule has 1 aliphatic heterocycles. The maximum absolute atomic E-state index is 14.6. The van der Waals surface area contributed by atoms with Crippen molar-refractivity contribution in [3.05, 3.63) is 70.8 Å². The van der Waals surface area contributed by atoms with E-state index in [2.05, 4.69) is 14.9 Å². The zero-order chi connectivity index (χ0) is 24.3. The van der Waals surface area contributed by atoms with Crippen LogP contribution in [0.3, 0.4) is 0 Å². The minimum atomic E-state index is -4.91. The highest BCUT2D eigenvalue weighted by Crippen LogP contribution is 2.32. The van der Waals surface area contributed by atoms with Crippen molar-refractivity contribution in [2.45, 2.75) is 18.7 Å². The number of carbonyl (C=O) groups is 3. The van der Waals surface area contributed by atoms with E-state index in [0.29, 0.717) is 0 Å². The second-order valence-electron chi connectivity index (χ2n) is 6.53. The first kappa shape index (κ1) is 23.4. The Bertz CT molecular complexity index is 1200. The van der Waals surface area contributed by atoms with E-state index in [9.17, 15) is 37.1 Å². The van der Waals surface area contributed by atoms with Gasteiger partial charge in [-0.1, -0.05) is 18.2 Å². The molecule has 2 atom stereocenters. The van der Waals surface area contributed by atoms with Crippen LogP contribution in [0.2, 0.25) is 0 Å². The molecular formula is C21H12F4N2O6. The number of carbonyl (C=O) groups excluding carboxylic acids is 2. The number of ether oxygens (including phenoxy) is 2.